The number of carbonyl (C=O) groups excluding carboxylic acids is 2. The molecular weight excluding hydrogens is 278 g/mol. The maximum absolute atomic E-state index is 11.7. The third-order valence-corrected chi connectivity index (χ3v) is 3.80. The first-order valence-corrected chi connectivity index (χ1v) is 7.18. The standard InChI is InChI=1S/C14H11NO2S2/c16-13(11-7-3-1-4-8-11)18-15-19-14(17)12-9-5-2-6-10-12/h1-10,15H. The zero-order valence-electron chi connectivity index (χ0n) is 9.91. The minimum atomic E-state index is -0.117. The van der Waals surface area contributed by atoms with Crippen LogP contribution >= 0.6 is 23.9 Å². The molecule has 0 aliphatic carbocycles. The van der Waals surface area contributed by atoms with Crippen molar-refractivity contribution in [3.8, 4) is 0 Å². The van der Waals surface area contributed by atoms with Crippen LogP contribution in [0.3, 0.4) is 0 Å². The van der Waals surface area contributed by atoms with Gasteiger partial charge in [0.25, 0.3) is 0 Å². The summed E-state index contributed by atoms with van der Waals surface area (Å²) < 4.78 is 2.72. The number of benzene rings is 2. The molecule has 2 rings (SSSR count). The number of hydrogen-bond acceptors (Lipinski definition) is 5. The molecule has 0 aliphatic rings. The molecule has 0 aromatic heterocycles. The van der Waals surface area contributed by atoms with Gasteiger partial charge in [0.05, 0.1) is 0 Å². The Hall–Kier alpha value is -1.56. The molecule has 96 valence electrons. The molecule has 0 bridgehead atoms. The predicted octanol–water partition coefficient (Wildman–Crippen LogP) is 3.55. The number of nitrogens with one attached hydrogen (secondary N) is 1. The summed E-state index contributed by atoms with van der Waals surface area (Å²) in [6.07, 6.45) is 0. The number of rotatable bonds is 4. The monoisotopic (exact) mass is 289 g/mol. The molecule has 2 aromatic rings. The van der Waals surface area contributed by atoms with E-state index in [1.807, 2.05) is 12.1 Å². The summed E-state index contributed by atoms with van der Waals surface area (Å²) in [7, 11) is 0. The number of carbonyl (C=O) groups is 2. The normalized spacial score (nSPS) is 10.1. The SMILES string of the molecule is O=C(SNSC(=O)c1ccccc1)c1ccccc1. The molecule has 0 unspecified atom stereocenters. The largest absolute Gasteiger partial charge is 0.280 e. The van der Waals surface area contributed by atoms with Crippen LogP contribution in [-0.4, -0.2) is 10.2 Å². The second-order valence-corrected chi connectivity index (χ2v) is 5.41. The van der Waals surface area contributed by atoms with E-state index in [-0.39, 0.29) is 10.2 Å². The van der Waals surface area contributed by atoms with Gasteiger partial charge in [0.1, 0.15) is 0 Å². The van der Waals surface area contributed by atoms with E-state index in [2.05, 4.69) is 4.13 Å². The van der Waals surface area contributed by atoms with Crippen molar-refractivity contribution in [2.45, 2.75) is 0 Å². The Kier molecular flexibility index (Phi) is 5.20. The first-order valence-electron chi connectivity index (χ1n) is 5.55. The summed E-state index contributed by atoms with van der Waals surface area (Å²) in [5.41, 5.74) is 1.21. The van der Waals surface area contributed by atoms with E-state index in [4.69, 9.17) is 0 Å². The fourth-order valence-corrected chi connectivity index (χ4v) is 2.64. The van der Waals surface area contributed by atoms with Gasteiger partial charge in [0.15, 0.2) is 0 Å². The molecule has 0 aliphatic heterocycles. The van der Waals surface area contributed by atoms with Gasteiger partial charge in [-0.05, 0) is 0 Å². The van der Waals surface area contributed by atoms with Crippen LogP contribution in [0.4, 0.5) is 0 Å². The second kappa shape index (κ2) is 7.13. The van der Waals surface area contributed by atoms with Crippen LogP contribution in [0.5, 0.6) is 0 Å². The topological polar surface area (TPSA) is 46.2 Å². The molecular formula is C14H11NO2S2. The average molecular weight is 289 g/mol. The fourth-order valence-electron chi connectivity index (χ4n) is 1.36. The summed E-state index contributed by atoms with van der Waals surface area (Å²) in [6.45, 7) is 0. The quantitative estimate of drug-likeness (QED) is 0.872. The first-order chi connectivity index (χ1) is 9.27. The Morgan fingerprint density at radius 1 is 0.684 bits per heavy atom. The molecule has 5 heteroatoms. The maximum atomic E-state index is 11.7. The van der Waals surface area contributed by atoms with Crippen molar-refractivity contribution < 1.29 is 9.59 Å². The van der Waals surface area contributed by atoms with Crippen LogP contribution < -0.4 is 4.13 Å². The molecule has 0 saturated heterocycles. The average Bonchev–Trinajstić information content (AvgIpc) is 2.49. The Balaban J connectivity index is 1.81. The van der Waals surface area contributed by atoms with Gasteiger partial charge < -0.3 is 0 Å². The van der Waals surface area contributed by atoms with Crippen LogP contribution in [0.15, 0.2) is 60.7 Å². The molecule has 0 heterocycles. The van der Waals surface area contributed by atoms with Crippen molar-refractivity contribution in [2.75, 3.05) is 0 Å². The fraction of sp³-hybridized carbons (Fsp3) is 0. The molecule has 2 aromatic carbocycles. The van der Waals surface area contributed by atoms with Crippen molar-refractivity contribution in [1.29, 1.82) is 0 Å². The maximum Gasteiger partial charge on any atom is 0.234 e. The third-order valence-electron chi connectivity index (χ3n) is 2.29. The van der Waals surface area contributed by atoms with Crippen molar-refractivity contribution in [2.24, 2.45) is 0 Å². The zero-order valence-corrected chi connectivity index (χ0v) is 11.5. The van der Waals surface area contributed by atoms with Crippen molar-refractivity contribution in [3.05, 3.63) is 71.8 Å². The van der Waals surface area contributed by atoms with Gasteiger partial charge in [-0.3, -0.25) is 9.59 Å². The lowest BCUT2D eigenvalue weighted by Gasteiger charge is -2.02. The highest BCUT2D eigenvalue weighted by Gasteiger charge is 2.09. The highest BCUT2D eigenvalue weighted by molar-refractivity contribution is 8.26. The molecule has 0 atom stereocenters. The van der Waals surface area contributed by atoms with Gasteiger partial charge in [-0.25, -0.2) is 0 Å². The van der Waals surface area contributed by atoms with E-state index in [1.54, 1.807) is 48.5 Å². The summed E-state index contributed by atoms with van der Waals surface area (Å²) in [5.74, 6) is 0. The first kappa shape index (κ1) is 13.9. The molecule has 3 nitrogen and oxygen atoms in total. The minimum Gasteiger partial charge on any atom is -0.280 e. The lowest BCUT2D eigenvalue weighted by Crippen LogP contribution is -2.04. The van der Waals surface area contributed by atoms with Crippen molar-refractivity contribution >= 4 is 34.1 Å². The van der Waals surface area contributed by atoms with Gasteiger partial charge in [-0.1, -0.05) is 60.7 Å². The van der Waals surface area contributed by atoms with E-state index in [9.17, 15) is 9.59 Å². The minimum absolute atomic E-state index is 0.117. The van der Waals surface area contributed by atoms with E-state index < -0.39 is 0 Å². The molecule has 0 radical (unpaired) electrons. The van der Waals surface area contributed by atoms with E-state index in [0.717, 1.165) is 23.9 Å². The number of hydrogen-bond donors (Lipinski definition) is 1. The van der Waals surface area contributed by atoms with Crippen LogP contribution in [-0.2, 0) is 0 Å². The van der Waals surface area contributed by atoms with Gasteiger partial charge in [-0.2, -0.15) is 4.13 Å². The van der Waals surface area contributed by atoms with Crippen molar-refractivity contribution in [1.82, 2.24) is 4.13 Å². The van der Waals surface area contributed by atoms with E-state index >= 15 is 0 Å². The van der Waals surface area contributed by atoms with Crippen LogP contribution in [0.25, 0.3) is 0 Å². The summed E-state index contributed by atoms with van der Waals surface area (Å²) in [5, 5.41) is -0.233. The van der Waals surface area contributed by atoms with E-state index in [1.165, 1.54) is 0 Å². The molecule has 19 heavy (non-hydrogen) atoms. The van der Waals surface area contributed by atoms with Gasteiger partial charge in [0, 0.05) is 35.0 Å². The van der Waals surface area contributed by atoms with Crippen LogP contribution in [0.2, 0.25) is 0 Å². The summed E-state index contributed by atoms with van der Waals surface area (Å²) in [4.78, 5) is 23.5. The van der Waals surface area contributed by atoms with Gasteiger partial charge in [0.2, 0.25) is 10.2 Å². The van der Waals surface area contributed by atoms with Crippen LogP contribution in [0, 0.1) is 0 Å². The van der Waals surface area contributed by atoms with Gasteiger partial charge >= 0.3 is 0 Å². The van der Waals surface area contributed by atoms with Crippen molar-refractivity contribution in [3.63, 3.8) is 0 Å². The second-order valence-electron chi connectivity index (χ2n) is 3.59. The lowest BCUT2D eigenvalue weighted by molar-refractivity contribution is 0.108. The highest BCUT2D eigenvalue weighted by atomic mass is 32.2. The molecule has 0 saturated carbocycles. The van der Waals surface area contributed by atoms with Gasteiger partial charge in [-0.15, -0.1) is 0 Å². The lowest BCUT2D eigenvalue weighted by atomic mass is 10.2. The molecule has 0 amide bonds. The molecule has 1 N–H and O–H groups in total. The Morgan fingerprint density at radius 3 is 1.42 bits per heavy atom. The molecule has 0 spiro atoms. The summed E-state index contributed by atoms with van der Waals surface area (Å²) in [6, 6.07) is 17.9. The van der Waals surface area contributed by atoms with E-state index in [0.29, 0.717) is 11.1 Å². The Morgan fingerprint density at radius 2 is 1.05 bits per heavy atom. The smallest absolute Gasteiger partial charge is 0.234 e. The Labute approximate surface area is 120 Å². The predicted molar refractivity (Wildman–Crippen MR) is 79.9 cm³/mol. The van der Waals surface area contributed by atoms with Crippen LogP contribution in [0.1, 0.15) is 20.7 Å². The third kappa shape index (κ3) is 4.24. The highest BCUT2D eigenvalue weighted by Crippen LogP contribution is 2.15. The molecule has 0 fully saturated rings. The summed E-state index contributed by atoms with van der Waals surface area (Å²) >= 11 is 1.81. The Bertz CT molecular complexity index is 507. The zero-order chi connectivity index (χ0) is 13.5.